The Kier molecular flexibility index (Phi) is 4.31. The number of Topliss-reactive ketones (excluding diaryl/α,β-unsaturated/α-hetero) is 1. The van der Waals surface area contributed by atoms with E-state index in [4.69, 9.17) is 4.42 Å². The second-order valence-electron chi connectivity index (χ2n) is 6.72. The fourth-order valence-electron chi connectivity index (χ4n) is 3.46. The quantitative estimate of drug-likeness (QED) is 0.696. The molecule has 0 fully saturated rings. The highest BCUT2D eigenvalue weighted by atomic mass is 16.3. The Labute approximate surface area is 161 Å². The van der Waals surface area contributed by atoms with Crippen LogP contribution in [0.5, 0.6) is 0 Å². The SMILES string of the molecule is Cc1ccc(C)c(N2C(=O)C(O)=C(C(=O)c3ccco3)C2c2cccnc2)c1. The van der Waals surface area contributed by atoms with Gasteiger partial charge in [-0.25, -0.2) is 0 Å². The van der Waals surface area contributed by atoms with Crippen molar-refractivity contribution in [3.63, 3.8) is 0 Å². The van der Waals surface area contributed by atoms with Gasteiger partial charge in [-0.15, -0.1) is 0 Å². The van der Waals surface area contributed by atoms with Crippen molar-refractivity contribution in [2.75, 3.05) is 4.90 Å². The molecule has 1 aromatic carbocycles. The average Bonchev–Trinajstić information content (AvgIpc) is 3.32. The van der Waals surface area contributed by atoms with E-state index in [2.05, 4.69) is 4.98 Å². The molecular weight excluding hydrogens is 356 g/mol. The van der Waals surface area contributed by atoms with E-state index in [1.807, 2.05) is 32.0 Å². The predicted octanol–water partition coefficient (Wildman–Crippen LogP) is 4.07. The number of pyridine rings is 1. The van der Waals surface area contributed by atoms with E-state index in [9.17, 15) is 14.7 Å². The van der Waals surface area contributed by atoms with Gasteiger partial charge in [0.2, 0.25) is 5.78 Å². The van der Waals surface area contributed by atoms with E-state index in [1.165, 1.54) is 17.2 Å². The zero-order chi connectivity index (χ0) is 19.8. The largest absolute Gasteiger partial charge is 0.503 e. The van der Waals surface area contributed by atoms with Crippen LogP contribution in [0.15, 0.2) is 76.9 Å². The number of benzene rings is 1. The van der Waals surface area contributed by atoms with Gasteiger partial charge >= 0.3 is 0 Å². The summed E-state index contributed by atoms with van der Waals surface area (Å²) in [6.45, 7) is 3.80. The molecule has 3 heterocycles. The monoisotopic (exact) mass is 374 g/mol. The third kappa shape index (κ3) is 2.79. The molecule has 1 amide bonds. The van der Waals surface area contributed by atoms with Gasteiger partial charge in [-0.05, 0) is 54.8 Å². The van der Waals surface area contributed by atoms with Crippen molar-refractivity contribution in [3.05, 3.63) is 94.9 Å². The van der Waals surface area contributed by atoms with E-state index in [-0.39, 0.29) is 11.3 Å². The number of anilines is 1. The second-order valence-corrected chi connectivity index (χ2v) is 6.72. The van der Waals surface area contributed by atoms with Gasteiger partial charge in [-0.3, -0.25) is 19.5 Å². The van der Waals surface area contributed by atoms with Crippen molar-refractivity contribution < 1.29 is 19.1 Å². The lowest BCUT2D eigenvalue weighted by Gasteiger charge is -2.28. The average molecular weight is 374 g/mol. The number of carbonyl (C=O) groups excluding carboxylic acids is 2. The summed E-state index contributed by atoms with van der Waals surface area (Å²) in [5, 5.41) is 10.7. The fraction of sp³-hybridized carbons (Fsp3) is 0.136. The van der Waals surface area contributed by atoms with Crippen LogP contribution in [0.3, 0.4) is 0 Å². The third-order valence-corrected chi connectivity index (χ3v) is 4.82. The van der Waals surface area contributed by atoms with Crippen LogP contribution in [0.25, 0.3) is 0 Å². The van der Waals surface area contributed by atoms with Crippen LogP contribution < -0.4 is 4.90 Å². The number of aryl methyl sites for hydroxylation is 2. The molecule has 28 heavy (non-hydrogen) atoms. The summed E-state index contributed by atoms with van der Waals surface area (Å²) in [6.07, 6.45) is 4.58. The lowest BCUT2D eigenvalue weighted by Crippen LogP contribution is -2.31. The normalized spacial score (nSPS) is 16.7. The summed E-state index contributed by atoms with van der Waals surface area (Å²) in [5.41, 5.74) is 3.05. The number of hydrogen-bond acceptors (Lipinski definition) is 5. The second kappa shape index (κ2) is 6.81. The molecule has 6 heteroatoms. The lowest BCUT2D eigenvalue weighted by molar-refractivity contribution is -0.117. The van der Waals surface area contributed by atoms with E-state index in [1.54, 1.807) is 30.6 Å². The molecule has 2 aromatic heterocycles. The standard InChI is InChI=1S/C22H18N2O4/c1-13-7-8-14(2)16(11-13)24-19(15-5-3-9-23-12-15)18(21(26)22(24)27)20(25)17-6-4-10-28-17/h3-12,19,26H,1-2H3. The Morgan fingerprint density at radius 1 is 1.18 bits per heavy atom. The first-order valence-corrected chi connectivity index (χ1v) is 8.81. The molecule has 4 rings (SSSR count). The maximum atomic E-state index is 13.1. The van der Waals surface area contributed by atoms with Gasteiger partial charge in [0, 0.05) is 18.1 Å². The first-order valence-electron chi connectivity index (χ1n) is 8.81. The van der Waals surface area contributed by atoms with Gasteiger partial charge in [0.05, 0.1) is 17.9 Å². The van der Waals surface area contributed by atoms with E-state index in [0.717, 1.165) is 11.1 Å². The molecule has 3 aromatic rings. The number of aliphatic hydroxyl groups excluding tert-OH is 1. The molecule has 1 atom stereocenters. The first kappa shape index (κ1) is 17.7. The Bertz CT molecular complexity index is 1080. The molecule has 0 bridgehead atoms. The number of hydrogen-bond donors (Lipinski definition) is 1. The van der Waals surface area contributed by atoms with Crippen LogP contribution in [-0.4, -0.2) is 21.8 Å². The van der Waals surface area contributed by atoms with Gasteiger partial charge in [0.25, 0.3) is 5.91 Å². The summed E-state index contributed by atoms with van der Waals surface area (Å²) < 4.78 is 5.22. The first-order chi connectivity index (χ1) is 13.5. The number of ketones is 1. The zero-order valence-corrected chi connectivity index (χ0v) is 15.4. The molecule has 0 aliphatic carbocycles. The summed E-state index contributed by atoms with van der Waals surface area (Å²) in [5.74, 6) is -1.67. The van der Waals surface area contributed by atoms with Crippen molar-refractivity contribution in [1.29, 1.82) is 0 Å². The third-order valence-electron chi connectivity index (χ3n) is 4.82. The van der Waals surface area contributed by atoms with Crippen LogP contribution >= 0.6 is 0 Å². The highest BCUT2D eigenvalue weighted by Crippen LogP contribution is 2.42. The number of furan rings is 1. The van der Waals surface area contributed by atoms with E-state index < -0.39 is 23.5 Å². The van der Waals surface area contributed by atoms with Gasteiger partial charge in [-0.1, -0.05) is 18.2 Å². The van der Waals surface area contributed by atoms with Crippen molar-refractivity contribution in [3.8, 4) is 0 Å². The van der Waals surface area contributed by atoms with Gasteiger partial charge in [0.15, 0.2) is 11.5 Å². The molecule has 1 N–H and O–H groups in total. The van der Waals surface area contributed by atoms with Crippen LogP contribution in [0.4, 0.5) is 5.69 Å². The van der Waals surface area contributed by atoms with Crippen LogP contribution in [0, 0.1) is 13.8 Å². The number of amides is 1. The fourth-order valence-corrected chi connectivity index (χ4v) is 3.46. The molecule has 0 saturated carbocycles. The molecule has 1 unspecified atom stereocenters. The highest BCUT2D eigenvalue weighted by Gasteiger charge is 2.45. The van der Waals surface area contributed by atoms with Crippen LogP contribution in [0.2, 0.25) is 0 Å². The van der Waals surface area contributed by atoms with Crippen molar-refractivity contribution >= 4 is 17.4 Å². The minimum atomic E-state index is -0.806. The van der Waals surface area contributed by atoms with Gasteiger partial charge < -0.3 is 9.52 Å². The topological polar surface area (TPSA) is 83.6 Å². The predicted molar refractivity (Wildman–Crippen MR) is 103 cm³/mol. The molecule has 0 spiro atoms. The van der Waals surface area contributed by atoms with Gasteiger partial charge in [0.1, 0.15) is 0 Å². The van der Waals surface area contributed by atoms with Crippen molar-refractivity contribution in [2.45, 2.75) is 19.9 Å². The number of aromatic nitrogens is 1. The molecule has 0 saturated heterocycles. The molecular formula is C22H18N2O4. The Morgan fingerprint density at radius 3 is 2.68 bits per heavy atom. The Hall–Kier alpha value is -3.67. The maximum Gasteiger partial charge on any atom is 0.294 e. The summed E-state index contributed by atoms with van der Waals surface area (Å²) in [4.78, 5) is 31.7. The smallest absolute Gasteiger partial charge is 0.294 e. The zero-order valence-electron chi connectivity index (χ0n) is 15.4. The minimum Gasteiger partial charge on any atom is -0.503 e. The van der Waals surface area contributed by atoms with Crippen molar-refractivity contribution in [1.82, 2.24) is 4.98 Å². The minimum absolute atomic E-state index is 0.0196. The maximum absolute atomic E-state index is 13.1. The number of rotatable bonds is 4. The van der Waals surface area contributed by atoms with Crippen LogP contribution in [-0.2, 0) is 4.79 Å². The van der Waals surface area contributed by atoms with Crippen LogP contribution in [0.1, 0.15) is 33.3 Å². The lowest BCUT2D eigenvalue weighted by atomic mass is 9.95. The molecule has 1 aliphatic rings. The summed E-state index contributed by atoms with van der Waals surface area (Å²) >= 11 is 0. The number of nitrogens with zero attached hydrogens (tertiary/aromatic N) is 2. The molecule has 140 valence electrons. The van der Waals surface area contributed by atoms with E-state index in [0.29, 0.717) is 11.3 Å². The Morgan fingerprint density at radius 2 is 2.00 bits per heavy atom. The summed E-state index contributed by atoms with van der Waals surface area (Å²) in [7, 11) is 0. The number of carbonyl (C=O) groups is 2. The van der Waals surface area contributed by atoms with E-state index >= 15 is 0 Å². The summed E-state index contributed by atoms with van der Waals surface area (Å²) in [6, 6.07) is 11.5. The highest BCUT2D eigenvalue weighted by molar-refractivity contribution is 6.20. The Balaban J connectivity index is 1.92. The van der Waals surface area contributed by atoms with Crippen molar-refractivity contribution in [2.24, 2.45) is 0 Å². The molecule has 1 aliphatic heterocycles. The molecule has 0 radical (unpaired) electrons. The van der Waals surface area contributed by atoms with Gasteiger partial charge in [-0.2, -0.15) is 0 Å². The molecule has 6 nitrogen and oxygen atoms in total. The number of aliphatic hydroxyl groups is 1.